The number of carbonyl (C=O) groups is 2. The Balaban J connectivity index is 1.43. The number of nitrogens with zero attached hydrogens (tertiary/aromatic N) is 3. The molecule has 9 heteroatoms. The Bertz CT molecular complexity index is 1080. The zero-order chi connectivity index (χ0) is 20.4. The van der Waals surface area contributed by atoms with Crippen LogP contribution in [0.4, 0.5) is 11.6 Å². The van der Waals surface area contributed by atoms with Crippen LogP contribution in [0, 0.1) is 6.92 Å². The van der Waals surface area contributed by atoms with E-state index in [1.165, 1.54) is 6.33 Å². The Kier molecular flexibility index (Phi) is 5.30. The highest BCUT2D eigenvalue weighted by Crippen LogP contribution is 2.30. The summed E-state index contributed by atoms with van der Waals surface area (Å²) in [6.07, 6.45) is 1.66. The van der Waals surface area contributed by atoms with E-state index in [0.29, 0.717) is 11.7 Å². The molecule has 0 bridgehead atoms. The number of amides is 2. The molecule has 0 saturated heterocycles. The van der Waals surface area contributed by atoms with Crippen LogP contribution in [0.15, 0.2) is 53.3 Å². The van der Waals surface area contributed by atoms with Crippen molar-refractivity contribution in [1.29, 1.82) is 0 Å². The number of ether oxygens (including phenoxy) is 1. The first-order chi connectivity index (χ1) is 14.0. The first kappa shape index (κ1) is 19.1. The quantitative estimate of drug-likeness (QED) is 0.614. The zero-order valence-corrected chi connectivity index (χ0v) is 17.1. The Morgan fingerprint density at radius 3 is 3.03 bits per heavy atom. The van der Waals surface area contributed by atoms with Crippen molar-refractivity contribution in [2.75, 3.05) is 17.2 Å². The molecule has 2 amide bonds. The molecule has 0 radical (unpaired) electrons. The number of rotatable bonds is 5. The summed E-state index contributed by atoms with van der Waals surface area (Å²) in [5, 5.41) is 9.73. The lowest BCUT2D eigenvalue weighted by Crippen LogP contribution is -2.29. The molecule has 29 heavy (non-hydrogen) atoms. The van der Waals surface area contributed by atoms with Crippen molar-refractivity contribution in [2.45, 2.75) is 19.4 Å². The van der Waals surface area contributed by atoms with Crippen molar-refractivity contribution in [3.8, 4) is 5.75 Å². The van der Waals surface area contributed by atoms with E-state index in [2.05, 4.69) is 36.6 Å². The zero-order valence-electron chi connectivity index (χ0n) is 15.6. The second-order valence-electron chi connectivity index (χ2n) is 6.66. The third kappa shape index (κ3) is 4.29. The summed E-state index contributed by atoms with van der Waals surface area (Å²) in [6.45, 7) is 1.79. The van der Waals surface area contributed by atoms with Crippen molar-refractivity contribution in [2.24, 2.45) is 0 Å². The predicted octanol–water partition coefficient (Wildman–Crippen LogP) is 3.30. The lowest BCUT2D eigenvalue weighted by atomic mass is 10.0. The summed E-state index contributed by atoms with van der Waals surface area (Å²) >= 11 is 3.40. The molecule has 0 unspecified atom stereocenters. The third-order valence-electron chi connectivity index (χ3n) is 4.57. The topological polar surface area (TPSA) is 98.1 Å². The number of nitrogens with one attached hydrogen (secondary N) is 2. The van der Waals surface area contributed by atoms with Crippen LogP contribution in [0.5, 0.6) is 5.75 Å². The van der Waals surface area contributed by atoms with Gasteiger partial charge in [0.1, 0.15) is 12.1 Å². The molecule has 0 fully saturated rings. The molecule has 2 N–H and O–H groups in total. The van der Waals surface area contributed by atoms with E-state index in [4.69, 9.17) is 4.74 Å². The van der Waals surface area contributed by atoms with E-state index in [9.17, 15) is 9.59 Å². The largest absolute Gasteiger partial charge is 0.484 e. The van der Waals surface area contributed by atoms with Gasteiger partial charge in [-0.2, -0.15) is 10.1 Å². The van der Waals surface area contributed by atoms with Gasteiger partial charge in [0.05, 0.1) is 12.5 Å². The highest BCUT2D eigenvalue weighted by Gasteiger charge is 2.27. The van der Waals surface area contributed by atoms with E-state index in [-0.39, 0.29) is 30.9 Å². The fourth-order valence-electron chi connectivity index (χ4n) is 3.18. The molecule has 2 heterocycles. The van der Waals surface area contributed by atoms with Gasteiger partial charge in [-0.25, -0.2) is 4.68 Å². The number of aryl methyl sites for hydroxylation is 1. The first-order valence-corrected chi connectivity index (χ1v) is 9.77. The maximum atomic E-state index is 12.3. The number of anilines is 2. The maximum Gasteiger partial charge on any atom is 0.262 e. The van der Waals surface area contributed by atoms with Crippen molar-refractivity contribution in [3.63, 3.8) is 0 Å². The normalized spacial score (nSPS) is 15.4. The number of carbonyl (C=O) groups excluding carboxylic acids is 2. The van der Waals surface area contributed by atoms with Gasteiger partial charge in [0.25, 0.3) is 5.91 Å². The summed E-state index contributed by atoms with van der Waals surface area (Å²) in [5.74, 6) is 0.585. The molecule has 3 aromatic rings. The van der Waals surface area contributed by atoms with E-state index < -0.39 is 0 Å². The minimum absolute atomic E-state index is 0.119. The summed E-state index contributed by atoms with van der Waals surface area (Å²) in [6, 6.07) is 12.7. The summed E-state index contributed by atoms with van der Waals surface area (Å²) in [5.41, 5.74) is 2.55. The van der Waals surface area contributed by atoms with Crippen LogP contribution in [0.25, 0.3) is 0 Å². The molecule has 1 aromatic heterocycles. The number of halogens is 1. The van der Waals surface area contributed by atoms with Crippen molar-refractivity contribution in [3.05, 3.63) is 64.4 Å². The Hall–Kier alpha value is -3.20. The average molecular weight is 456 g/mol. The van der Waals surface area contributed by atoms with Gasteiger partial charge in [-0.05, 0) is 48.4 Å². The number of hydrogen-bond acceptors (Lipinski definition) is 5. The number of benzene rings is 2. The Morgan fingerprint density at radius 1 is 1.34 bits per heavy atom. The summed E-state index contributed by atoms with van der Waals surface area (Å²) in [4.78, 5) is 28.3. The van der Waals surface area contributed by atoms with Gasteiger partial charge in [0.15, 0.2) is 6.61 Å². The minimum Gasteiger partial charge on any atom is -0.484 e. The molecule has 148 valence electrons. The molecule has 1 atom stereocenters. The first-order valence-electron chi connectivity index (χ1n) is 8.98. The van der Waals surface area contributed by atoms with Gasteiger partial charge in [0, 0.05) is 10.2 Å². The van der Waals surface area contributed by atoms with Crippen LogP contribution in [0.2, 0.25) is 0 Å². The highest BCUT2D eigenvalue weighted by atomic mass is 79.9. The molecule has 0 saturated carbocycles. The van der Waals surface area contributed by atoms with Gasteiger partial charge in [-0.15, -0.1) is 0 Å². The average Bonchev–Trinajstić information content (AvgIpc) is 3.16. The highest BCUT2D eigenvalue weighted by molar-refractivity contribution is 9.10. The number of fused-ring (bicyclic) bond motifs is 1. The maximum absolute atomic E-state index is 12.3. The van der Waals surface area contributed by atoms with Crippen molar-refractivity contribution in [1.82, 2.24) is 14.8 Å². The van der Waals surface area contributed by atoms with Crippen LogP contribution in [0.1, 0.15) is 23.6 Å². The van der Waals surface area contributed by atoms with Crippen LogP contribution in [-0.4, -0.2) is 33.2 Å². The Labute approximate surface area is 175 Å². The number of aromatic nitrogens is 3. The third-order valence-corrected chi connectivity index (χ3v) is 5.07. The molecule has 8 nitrogen and oxygen atoms in total. The van der Waals surface area contributed by atoms with Gasteiger partial charge in [-0.3, -0.25) is 14.9 Å². The van der Waals surface area contributed by atoms with Crippen LogP contribution in [0.3, 0.4) is 0 Å². The van der Waals surface area contributed by atoms with Crippen LogP contribution < -0.4 is 15.4 Å². The molecule has 1 aliphatic rings. The molecule has 2 aromatic carbocycles. The lowest BCUT2D eigenvalue weighted by molar-refractivity contribution is -0.118. The minimum atomic E-state index is -0.274. The van der Waals surface area contributed by atoms with Gasteiger partial charge < -0.3 is 10.1 Å². The Morgan fingerprint density at radius 2 is 2.21 bits per heavy atom. The smallest absolute Gasteiger partial charge is 0.262 e. The SMILES string of the molecule is Cc1cc(Br)ccc1NC(=O)COc1cccc([C@@H]2CC(=O)Nc3ncnn32)c1. The van der Waals surface area contributed by atoms with Crippen molar-refractivity contribution < 1.29 is 14.3 Å². The van der Waals surface area contributed by atoms with Gasteiger partial charge in [-0.1, -0.05) is 28.1 Å². The van der Waals surface area contributed by atoms with Gasteiger partial charge in [0.2, 0.25) is 11.9 Å². The van der Waals surface area contributed by atoms with E-state index in [1.54, 1.807) is 10.7 Å². The summed E-state index contributed by atoms with van der Waals surface area (Å²) in [7, 11) is 0. The predicted molar refractivity (Wildman–Crippen MR) is 111 cm³/mol. The van der Waals surface area contributed by atoms with Gasteiger partial charge >= 0.3 is 0 Å². The molecular formula is C20H18BrN5O3. The second kappa shape index (κ2) is 8.04. The molecule has 0 aliphatic carbocycles. The van der Waals surface area contributed by atoms with Crippen molar-refractivity contribution >= 4 is 39.4 Å². The van der Waals surface area contributed by atoms with E-state index >= 15 is 0 Å². The lowest BCUT2D eigenvalue weighted by Gasteiger charge is -2.24. The molecule has 1 aliphatic heterocycles. The fourth-order valence-corrected chi connectivity index (χ4v) is 3.65. The fraction of sp³-hybridized carbons (Fsp3) is 0.200. The standard InChI is InChI=1S/C20H18BrN5O3/c1-12-7-14(21)5-6-16(12)24-19(28)10-29-15-4-2-3-13(8-15)17-9-18(27)25-20-22-11-23-26(17)20/h2-8,11,17H,9-10H2,1H3,(H,24,28)(H,22,23,25,27)/t17-/m0/s1. The molecule has 0 spiro atoms. The summed E-state index contributed by atoms with van der Waals surface area (Å²) < 4.78 is 8.29. The number of hydrogen-bond donors (Lipinski definition) is 2. The monoisotopic (exact) mass is 455 g/mol. The molecule has 4 rings (SSSR count). The van der Waals surface area contributed by atoms with Crippen LogP contribution in [-0.2, 0) is 9.59 Å². The van der Waals surface area contributed by atoms with Crippen LogP contribution >= 0.6 is 15.9 Å². The molecular weight excluding hydrogens is 438 g/mol. The second-order valence-corrected chi connectivity index (χ2v) is 7.58. The van der Waals surface area contributed by atoms with E-state index in [1.807, 2.05) is 43.3 Å². The van der Waals surface area contributed by atoms with E-state index in [0.717, 1.165) is 21.3 Å².